The van der Waals surface area contributed by atoms with Crippen molar-refractivity contribution >= 4 is 17.3 Å². The number of anilines is 1. The number of benzene rings is 2. The first-order chi connectivity index (χ1) is 9.74. The molecular weight excluding hydrogens is 274 g/mol. The Morgan fingerprint density at radius 2 is 1.95 bits per heavy atom. The van der Waals surface area contributed by atoms with Crippen LogP contribution in [-0.2, 0) is 6.54 Å². The van der Waals surface area contributed by atoms with Crippen LogP contribution in [-0.4, -0.2) is 13.7 Å². The summed E-state index contributed by atoms with van der Waals surface area (Å²) in [5.41, 5.74) is 2.02. The zero-order chi connectivity index (χ0) is 14.4. The van der Waals surface area contributed by atoms with Crippen molar-refractivity contribution in [1.29, 1.82) is 0 Å². The Morgan fingerprint density at radius 1 is 1.15 bits per heavy atom. The zero-order valence-corrected chi connectivity index (χ0v) is 12.4. The Bertz CT molecular complexity index is 572. The second-order valence-corrected chi connectivity index (χ2v) is 4.68. The maximum Gasteiger partial charge on any atom is 0.166 e. The summed E-state index contributed by atoms with van der Waals surface area (Å²) in [5, 5.41) is 4.05. The fourth-order valence-corrected chi connectivity index (χ4v) is 2.16. The van der Waals surface area contributed by atoms with Crippen molar-refractivity contribution in [3.05, 3.63) is 53.1 Å². The van der Waals surface area contributed by atoms with E-state index in [1.165, 1.54) is 0 Å². The average Bonchev–Trinajstić information content (AvgIpc) is 2.46. The van der Waals surface area contributed by atoms with Crippen LogP contribution in [0.25, 0.3) is 0 Å². The van der Waals surface area contributed by atoms with Gasteiger partial charge in [-0.2, -0.15) is 0 Å². The van der Waals surface area contributed by atoms with Crippen molar-refractivity contribution in [3.8, 4) is 11.5 Å². The molecule has 0 aliphatic carbocycles. The number of hydrogen-bond acceptors (Lipinski definition) is 3. The molecule has 2 aromatic rings. The fourth-order valence-electron chi connectivity index (χ4n) is 1.97. The Labute approximate surface area is 124 Å². The van der Waals surface area contributed by atoms with Crippen molar-refractivity contribution in [1.82, 2.24) is 0 Å². The van der Waals surface area contributed by atoms with Gasteiger partial charge in [0.1, 0.15) is 0 Å². The third-order valence-electron chi connectivity index (χ3n) is 2.88. The van der Waals surface area contributed by atoms with Gasteiger partial charge in [0.05, 0.1) is 13.7 Å². The zero-order valence-electron chi connectivity index (χ0n) is 11.7. The fraction of sp³-hybridized carbons (Fsp3) is 0.250. The lowest BCUT2D eigenvalue weighted by molar-refractivity contribution is 0.308. The Balaban J connectivity index is 2.16. The molecule has 106 valence electrons. The van der Waals surface area contributed by atoms with Crippen LogP contribution >= 0.6 is 11.6 Å². The maximum atomic E-state index is 5.97. The molecule has 2 aromatic carbocycles. The minimum absolute atomic E-state index is 0.602. The first-order valence-corrected chi connectivity index (χ1v) is 6.90. The summed E-state index contributed by atoms with van der Waals surface area (Å²) in [4.78, 5) is 0. The molecule has 20 heavy (non-hydrogen) atoms. The van der Waals surface area contributed by atoms with Gasteiger partial charge in [-0.3, -0.25) is 0 Å². The smallest absolute Gasteiger partial charge is 0.166 e. The molecule has 0 aliphatic heterocycles. The lowest BCUT2D eigenvalue weighted by Gasteiger charge is -2.15. The summed E-state index contributed by atoms with van der Waals surface area (Å²) >= 11 is 5.97. The summed E-state index contributed by atoms with van der Waals surface area (Å²) in [5.74, 6) is 1.53. The standard InChI is InChI=1S/C16H18ClNO2/c1-3-20-16-12(6-4-9-15(16)19-2)11-18-14-8-5-7-13(17)10-14/h4-10,18H,3,11H2,1-2H3. The predicted octanol–water partition coefficient (Wildman–Crippen LogP) is 4.36. The quantitative estimate of drug-likeness (QED) is 0.858. The lowest BCUT2D eigenvalue weighted by Crippen LogP contribution is -2.04. The van der Waals surface area contributed by atoms with Gasteiger partial charge in [-0.15, -0.1) is 0 Å². The van der Waals surface area contributed by atoms with Crippen LogP contribution < -0.4 is 14.8 Å². The molecule has 0 unspecified atom stereocenters. The van der Waals surface area contributed by atoms with Crippen LogP contribution in [0.1, 0.15) is 12.5 Å². The van der Waals surface area contributed by atoms with Gasteiger partial charge in [0.15, 0.2) is 11.5 Å². The van der Waals surface area contributed by atoms with Gasteiger partial charge in [-0.1, -0.05) is 29.8 Å². The highest BCUT2D eigenvalue weighted by Crippen LogP contribution is 2.31. The highest BCUT2D eigenvalue weighted by atomic mass is 35.5. The SMILES string of the molecule is CCOc1c(CNc2cccc(Cl)c2)cccc1OC. The molecular formula is C16H18ClNO2. The maximum absolute atomic E-state index is 5.97. The molecule has 0 saturated heterocycles. The minimum atomic E-state index is 0.602. The first-order valence-electron chi connectivity index (χ1n) is 6.52. The number of hydrogen-bond donors (Lipinski definition) is 1. The van der Waals surface area contributed by atoms with E-state index < -0.39 is 0 Å². The summed E-state index contributed by atoms with van der Waals surface area (Å²) < 4.78 is 11.0. The minimum Gasteiger partial charge on any atom is -0.493 e. The van der Waals surface area contributed by atoms with Crippen LogP contribution in [0.15, 0.2) is 42.5 Å². The number of ether oxygens (including phenoxy) is 2. The van der Waals surface area contributed by atoms with Gasteiger partial charge in [-0.25, -0.2) is 0 Å². The molecule has 4 heteroatoms. The number of rotatable bonds is 6. The Kier molecular flexibility index (Phi) is 5.13. The summed E-state index contributed by atoms with van der Waals surface area (Å²) in [6, 6.07) is 13.5. The molecule has 0 aliphatic rings. The highest BCUT2D eigenvalue weighted by molar-refractivity contribution is 6.30. The van der Waals surface area contributed by atoms with Gasteiger partial charge in [0.25, 0.3) is 0 Å². The molecule has 0 fully saturated rings. The van der Waals surface area contributed by atoms with Gasteiger partial charge in [0, 0.05) is 22.8 Å². The molecule has 0 saturated carbocycles. The third kappa shape index (κ3) is 3.58. The molecule has 1 N–H and O–H groups in total. The van der Waals surface area contributed by atoms with Crippen molar-refractivity contribution < 1.29 is 9.47 Å². The Morgan fingerprint density at radius 3 is 2.65 bits per heavy atom. The second-order valence-electron chi connectivity index (χ2n) is 4.25. The highest BCUT2D eigenvalue weighted by Gasteiger charge is 2.09. The summed E-state index contributed by atoms with van der Waals surface area (Å²) in [7, 11) is 1.64. The molecule has 0 radical (unpaired) electrons. The van der Waals surface area contributed by atoms with Gasteiger partial charge < -0.3 is 14.8 Å². The molecule has 0 atom stereocenters. The van der Waals surface area contributed by atoms with Crippen LogP contribution in [0.5, 0.6) is 11.5 Å². The van der Waals surface area contributed by atoms with Crippen molar-refractivity contribution in [2.45, 2.75) is 13.5 Å². The number of nitrogens with one attached hydrogen (secondary N) is 1. The van der Waals surface area contributed by atoms with E-state index in [1.54, 1.807) is 7.11 Å². The monoisotopic (exact) mass is 291 g/mol. The van der Waals surface area contributed by atoms with E-state index in [4.69, 9.17) is 21.1 Å². The molecule has 3 nitrogen and oxygen atoms in total. The first kappa shape index (κ1) is 14.5. The number of methoxy groups -OCH3 is 1. The molecule has 0 aromatic heterocycles. The van der Waals surface area contributed by atoms with E-state index in [0.29, 0.717) is 18.2 Å². The molecule has 2 rings (SSSR count). The van der Waals surface area contributed by atoms with Crippen molar-refractivity contribution in [2.24, 2.45) is 0 Å². The van der Waals surface area contributed by atoms with Gasteiger partial charge >= 0.3 is 0 Å². The van der Waals surface area contributed by atoms with Gasteiger partial charge in [0.2, 0.25) is 0 Å². The van der Waals surface area contributed by atoms with Crippen molar-refractivity contribution in [2.75, 3.05) is 19.0 Å². The van der Waals surface area contributed by atoms with Crippen molar-refractivity contribution in [3.63, 3.8) is 0 Å². The molecule has 0 heterocycles. The third-order valence-corrected chi connectivity index (χ3v) is 3.11. The number of halogens is 1. The normalized spacial score (nSPS) is 10.2. The van der Waals surface area contributed by atoms with E-state index >= 15 is 0 Å². The van der Waals surface area contributed by atoms with Crippen LogP contribution in [0.3, 0.4) is 0 Å². The van der Waals surface area contributed by atoms with Crippen LogP contribution in [0.4, 0.5) is 5.69 Å². The number of para-hydroxylation sites is 1. The van der Waals surface area contributed by atoms with E-state index in [2.05, 4.69) is 5.32 Å². The predicted molar refractivity (Wildman–Crippen MR) is 82.9 cm³/mol. The van der Waals surface area contributed by atoms with E-state index in [1.807, 2.05) is 49.4 Å². The average molecular weight is 292 g/mol. The second kappa shape index (κ2) is 7.06. The largest absolute Gasteiger partial charge is 0.493 e. The van der Waals surface area contributed by atoms with Gasteiger partial charge in [-0.05, 0) is 31.2 Å². The van der Waals surface area contributed by atoms with E-state index in [-0.39, 0.29) is 0 Å². The van der Waals surface area contributed by atoms with E-state index in [9.17, 15) is 0 Å². The van der Waals surface area contributed by atoms with E-state index in [0.717, 1.165) is 22.7 Å². The van der Waals surface area contributed by atoms with Crippen LogP contribution in [0, 0.1) is 0 Å². The topological polar surface area (TPSA) is 30.5 Å². The summed E-state index contributed by atoms with van der Waals surface area (Å²) in [6.45, 7) is 3.21. The Hall–Kier alpha value is -1.87. The molecule has 0 bridgehead atoms. The van der Waals surface area contributed by atoms with Crippen LogP contribution in [0.2, 0.25) is 5.02 Å². The molecule has 0 spiro atoms. The molecule has 0 amide bonds. The summed E-state index contributed by atoms with van der Waals surface area (Å²) in [6.07, 6.45) is 0. The lowest BCUT2D eigenvalue weighted by atomic mass is 10.1.